The molecule has 0 amide bonds. The zero-order chi connectivity index (χ0) is 6.69. The van der Waals surface area contributed by atoms with Crippen molar-refractivity contribution in [2.75, 3.05) is 0 Å². The predicted octanol–water partition coefficient (Wildman–Crippen LogP) is 3.18. The molecule has 1 aromatic carbocycles. The first-order valence-electron chi connectivity index (χ1n) is 2.99. The van der Waals surface area contributed by atoms with Crippen molar-refractivity contribution in [3.8, 4) is 0 Å². The van der Waals surface area contributed by atoms with Crippen molar-refractivity contribution in [3.63, 3.8) is 0 Å². The van der Waals surface area contributed by atoms with Crippen LogP contribution in [0.5, 0.6) is 0 Å². The Labute approximate surface area is 69.4 Å². The van der Waals surface area contributed by atoms with Crippen molar-refractivity contribution in [2.45, 2.75) is 10.8 Å². The second-order valence-electron chi connectivity index (χ2n) is 2.03. The Morgan fingerprint density at radius 1 is 1.22 bits per heavy atom. The third-order valence-corrected chi connectivity index (χ3v) is 1.98. The molecule has 0 heterocycles. The van der Waals surface area contributed by atoms with E-state index >= 15 is 0 Å². The van der Waals surface area contributed by atoms with Gasteiger partial charge in [0.05, 0.1) is 0 Å². The summed E-state index contributed by atoms with van der Waals surface area (Å²) in [6, 6.07) is 10.5. The average molecular weight is 232 g/mol. The maximum atomic E-state index is 2.41. The van der Waals surface area contributed by atoms with E-state index in [2.05, 4.69) is 53.8 Å². The van der Waals surface area contributed by atoms with E-state index in [4.69, 9.17) is 0 Å². The van der Waals surface area contributed by atoms with Gasteiger partial charge in [0, 0.05) is 3.92 Å². The fraction of sp³-hybridized carbons (Fsp3) is 0.250. The third kappa shape index (κ3) is 1.97. The SMILES string of the molecule is C[C@H](I)c1ccccc1. The Kier molecular flexibility index (Phi) is 2.51. The largest absolute Gasteiger partial charge is 0.0777 e. The molecule has 0 N–H and O–H groups in total. The van der Waals surface area contributed by atoms with E-state index in [1.807, 2.05) is 6.07 Å². The van der Waals surface area contributed by atoms with Crippen molar-refractivity contribution in [2.24, 2.45) is 0 Å². The number of rotatable bonds is 1. The van der Waals surface area contributed by atoms with Crippen LogP contribution in [-0.2, 0) is 0 Å². The van der Waals surface area contributed by atoms with Gasteiger partial charge >= 0.3 is 0 Å². The lowest BCUT2D eigenvalue weighted by Crippen LogP contribution is -1.79. The summed E-state index contributed by atoms with van der Waals surface area (Å²) in [5.74, 6) is 0. The van der Waals surface area contributed by atoms with Crippen LogP contribution in [-0.4, -0.2) is 0 Å². The van der Waals surface area contributed by atoms with E-state index in [1.165, 1.54) is 5.56 Å². The molecule has 0 aliphatic heterocycles. The summed E-state index contributed by atoms with van der Waals surface area (Å²) in [7, 11) is 0. The number of benzene rings is 1. The molecule has 1 rings (SSSR count). The van der Waals surface area contributed by atoms with Crippen LogP contribution in [0.25, 0.3) is 0 Å². The molecule has 0 bridgehead atoms. The average Bonchev–Trinajstić information content (AvgIpc) is 1.90. The van der Waals surface area contributed by atoms with Gasteiger partial charge in [-0.1, -0.05) is 52.9 Å². The molecular weight excluding hydrogens is 223 g/mol. The lowest BCUT2D eigenvalue weighted by atomic mass is 10.2. The van der Waals surface area contributed by atoms with Gasteiger partial charge in [-0.3, -0.25) is 0 Å². The van der Waals surface area contributed by atoms with Crippen molar-refractivity contribution in [1.29, 1.82) is 0 Å². The highest BCUT2D eigenvalue weighted by molar-refractivity contribution is 14.1. The highest BCUT2D eigenvalue weighted by Crippen LogP contribution is 2.20. The van der Waals surface area contributed by atoms with Gasteiger partial charge in [0.2, 0.25) is 0 Å². The molecule has 0 nitrogen and oxygen atoms in total. The van der Waals surface area contributed by atoms with Gasteiger partial charge in [0.1, 0.15) is 0 Å². The minimum absolute atomic E-state index is 0.629. The fourth-order valence-corrected chi connectivity index (χ4v) is 1.13. The van der Waals surface area contributed by atoms with Gasteiger partial charge in [0.25, 0.3) is 0 Å². The minimum atomic E-state index is 0.629. The van der Waals surface area contributed by atoms with Crippen molar-refractivity contribution >= 4 is 22.6 Å². The molecule has 0 saturated carbocycles. The van der Waals surface area contributed by atoms with Gasteiger partial charge in [-0.25, -0.2) is 0 Å². The number of hydrogen-bond donors (Lipinski definition) is 0. The summed E-state index contributed by atoms with van der Waals surface area (Å²) < 4.78 is 0.629. The Morgan fingerprint density at radius 3 is 2.11 bits per heavy atom. The lowest BCUT2D eigenvalue weighted by molar-refractivity contribution is 1.15. The first-order chi connectivity index (χ1) is 4.30. The standard InChI is InChI=1S/C8H9I/c1-7(9)8-5-3-2-4-6-8/h2-7H,1H3/t7-/m0/s1. The van der Waals surface area contributed by atoms with Crippen LogP contribution in [0.2, 0.25) is 0 Å². The van der Waals surface area contributed by atoms with Crippen LogP contribution >= 0.6 is 22.6 Å². The monoisotopic (exact) mass is 232 g/mol. The van der Waals surface area contributed by atoms with Crippen LogP contribution < -0.4 is 0 Å². The second-order valence-corrected chi connectivity index (χ2v) is 3.90. The molecule has 1 aromatic rings. The van der Waals surface area contributed by atoms with Crippen molar-refractivity contribution < 1.29 is 0 Å². The van der Waals surface area contributed by atoms with Crippen LogP contribution in [0.3, 0.4) is 0 Å². The zero-order valence-corrected chi connectivity index (χ0v) is 7.50. The summed E-state index contributed by atoms with van der Waals surface area (Å²) in [4.78, 5) is 0. The number of alkyl halides is 1. The van der Waals surface area contributed by atoms with E-state index in [-0.39, 0.29) is 0 Å². The third-order valence-electron chi connectivity index (χ3n) is 1.26. The molecule has 0 aliphatic carbocycles. The molecule has 0 aromatic heterocycles. The molecule has 0 spiro atoms. The molecule has 0 unspecified atom stereocenters. The van der Waals surface area contributed by atoms with E-state index in [9.17, 15) is 0 Å². The van der Waals surface area contributed by atoms with Gasteiger partial charge in [-0.05, 0) is 12.5 Å². The molecule has 0 saturated heterocycles. The molecule has 1 heteroatoms. The van der Waals surface area contributed by atoms with Crippen LogP contribution in [0.1, 0.15) is 16.4 Å². The molecule has 0 aliphatic rings. The van der Waals surface area contributed by atoms with Crippen molar-refractivity contribution in [1.82, 2.24) is 0 Å². The maximum absolute atomic E-state index is 2.41. The number of halogens is 1. The van der Waals surface area contributed by atoms with E-state index in [0.29, 0.717) is 3.92 Å². The maximum Gasteiger partial charge on any atom is 0.0331 e. The van der Waals surface area contributed by atoms with Gasteiger partial charge in [0.15, 0.2) is 0 Å². The Hall–Kier alpha value is -0.0500. The van der Waals surface area contributed by atoms with E-state index in [1.54, 1.807) is 0 Å². The first kappa shape index (κ1) is 7.06. The Morgan fingerprint density at radius 2 is 1.78 bits per heavy atom. The fourth-order valence-electron chi connectivity index (χ4n) is 0.718. The first-order valence-corrected chi connectivity index (χ1v) is 4.24. The molecule has 48 valence electrons. The zero-order valence-electron chi connectivity index (χ0n) is 5.34. The lowest BCUT2D eigenvalue weighted by Gasteiger charge is -1.99. The second kappa shape index (κ2) is 3.20. The summed E-state index contributed by atoms with van der Waals surface area (Å²) in [6.07, 6.45) is 0. The summed E-state index contributed by atoms with van der Waals surface area (Å²) >= 11 is 2.41. The van der Waals surface area contributed by atoms with Crippen LogP contribution in [0.15, 0.2) is 30.3 Å². The normalized spacial score (nSPS) is 13.1. The summed E-state index contributed by atoms with van der Waals surface area (Å²) in [5, 5.41) is 0. The topological polar surface area (TPSA) is 0 Å². The van der Waals surface area contributed by atoms with E-state index < -0.39 is 0 Å². The molecule has 0 radical (unpaired) electrons. The van der Waals surface area contributed by atoms with Crippen molar-refractivity contribution in [3.05, 3.63) is 35.9 Å². The molecule has 9 heavy (non-hydrogen) atoms. The predicted molar refractivity (Wildman–Crippen MR) is 48.9 cm³/mol. The summed E-state index contributed by atoms with van der Waals surface area (Å²) in [5.41, 5.74) is 1.40. The number of hydrogen-bond acceptors (Lipinski definition) is 0. The van der Waals surface area contributed by atoms with Gasteiger partial charge in [-0.2, -0.15) is 0 Å². The van der Waals surface area contributed by atoms with E-state index in [0.717, 1.165) is 0 Å². The highest BCUT2D eigenvalue weighted by atomic mass is 127. The smallest absolute Gasteiger partial charge is 0.0331 e. The highest BCUT2D eigenvalue weighted by Gasteiger charge is 1.95. The Balaban J connectivity index is 2.85. The van der Waals surface area contributed by atoms with Gasteiger partial charge < -0.3 is 0 Å². The quantitative estimate of drug-likeness (QED) is 0.515. The molecule has 1 atom stereocenters. The van der Waals surface area contributed by atoms with Crippen LogP contribution in [0, 0.1) is 0 Å². The summed E-state index contributed by atoms with van der Waals surface area (Å²) in [6.45, 7) is 2.19. The minimum Gasteiger partial charge on any atom is -0.0777 e. The molecule has 0 fully saturated rings. The van der Waals surface area contributed by atoms with Crippen LogP contribution in [0.4, 0.5) is 0 Å². The Bertz CT molecular complexity index is 167. The van der Waals surface area contributed by atoms with Gasteiger partial charge in [-0.15, -0.1) is 0 Å². The molecular formula is C8H9I.